The Hall–Kier alpha value is -4.37. The van der Waals surface area contributed by atoms with Crippen LogP contribution in [-0.4, -0.2) is 25.2 Å². The third kappa shape index (κ3) is 4.05. The third-order valence-corrected chi connectivity index (χ3v) is 7.08. The van der Waals surface area contributed by atoms with Gasteiger partial charge in [-0.3, -0.25) is 13.9 Å². The quantitative estimate of drug-likeness (QED) is 0.316. The Morgan fingerprint density at radius 3 is 2.42 bits per heavy atom. The van der Waals surface area contributed by atoms with Gasteiger partial charge in [0.1, 0.15) is 17.3 Å². The van der Waals surface area contributed by atoms with E-state index in [0.717, 1.165) is 22.4 Å². The molecule has 0 atom stereocenters. The van der Waals surface area contributed by atoms with Crippen LogP contribution in [-0.2, 0) is 20.1 Å². The number of benzene rings is 3. The van der Waals surface area contributed by atoms with Gasteiger partial charge in [0.2, 0.25) is 5.95 Å². The highest BCUT2D eigenvalue weighted by Gasteiger charge is 2.27. The number of halogens is 2. The summed E-state index contributed by atoms with van der Waals surface area (Å²) in [6.45, 7) is 0.973. The first-order chi connectivity index (χ1) is 18.4. The fourth-order valence-electron chi connectivity index (χ4n) is 4.81. The fraction of sp³-hybridized carbons (Fsp3) is 0.179. The predicted molar refractivity (Wildman–Crippen MR) is 144 cm³/mol. The first-order valence-corrected chi connectivity index (χ1v) is 12.5. The molecular weight excluding hydrogens is 509 g/mol. The van der Waals surface area contributed by atoms with Crippen molar-refractivity contribution >= 4 is 34.4 Å². The van der Waals surface area contributed by atoms with E-state index in [0.29, 0.717) is 30.3 Å². The fourth-order valence-corrected chi connectivity index (χ4v) is 5.03. The first-order valence-electron chi connectivity index (χ1n) is 12.2. The van der Waals surface area contributed by atoms with Crippen molar-refractivity contribution in [2.24, 2.45) is 7.05 Å². The highest BCUT2D eigenvalue weighted by Crippen LogP contribution is 2.33. The number of anilines is 2. The molecule has 3 heterocycles. The van der Waals surface area contributed by atoms with Gasteiger partial charge in [-0.1, -0.05) is 35.9 Å². The van der Waals surface area contributed by atoms with Gasteiger partial charge in [-0.25, -0.2) is 9.18 Å². The summed E-state index contributed by atoms with van der Waals surface area (Å²) in [4.78, 5) is 33.5. The maximum Gasteiger partial charge on any atom is 0.332 e. The van der Waals surface area contributed by atoms with Gasteiger partial charge in [-0.15, -0.1) is 0 Å². The van der Waals surface area contributed by atoms with Crippen molar-refractivity contribution in [3.05, 3.63) is 110 Å². The minimum atomic E-state index is -0.591. The summed E-state index contributed by atoms with van der Waals surface area (Å²) in [7, 11) is 1.56. The van der Waals surface area contributed by atoms with E-state index in [9.17, 15) is 14.0 Å². The predicted octanol–water partition coefficient (Wildman–Crippen LogP) is 5.07. The minimum absolute atomic E-state index is 0.0885. The van der Waals surface area contributed by atoms with E-state index in [1.807, 2.05) is 64.1 Å². The summed E-state index contributed by atoms with van der Waals surface area (Å²) in [6, 6.07) is 21.4. The molecule has 8 nitrogen and oxygen atoms in total. The van der Waals surface area contributed by atoms with Crippen molar-refractivity contribution in [1.82, 2.24) is 18.7 Å². The van der Waals surface area contributed by atoms with Gasteiger partial charge in [0.05, 0.1) is 6.54 Å². The Morgan fingerprint density at radius 1 is 0.947 bits per heavy atom. The van der Waals surface area contributed by atoms with E-state index in [1.165, 1.54) is 22.8 Å². The summed E-state index contributed by atoms with van der Waals surface area (Å²) in [5.41, 5.74) is 0.418. The molecule has 0 amide bonds. The molecule has 0 fully saturated rings. The monoisotopic (exact) mass is 531 g/mol. The van der Waals surface area contributed by atoms with Crippen LogP contribution in [0.3, 0.4) is 0 Å². The van der Waals surface area contributed by atoms with Gasteiger partial charge in [-0.2, -0.15) is 4.98 Å². The van der Waals surface area contributed by atoms with E-state index in [2.05, 4.69) is 0 Å². The van der Waals surface area contributed by atoms with Crippen LogP contribution in [0.25, 0.3) is 11.2 Å². The second-order valence-electron chi connectivity index (χ2n) is 9.08. The average Bonchev–Trinajstić information content (AvgIpc) is 3.33. The van der Waals surface area contributed by atoms with E-state index in [1.54, 1.807) is 7.05 Å². The molecule has 38 heavy (non-hydrogen) atoms. The molecule has 0 unspecified atom stereocenters. The van der Waals surface area contributed by atoms with Gasteiger partial charge in [0, 0.05) is 36.4 Å². The van der Waals surface area contributed by atoms with Gasteiger partial charge in [0.25, 0.3) is 5.56 Å². The summed E-state index contributed by atoms with van der Waals surface area (Å²) < 4.78 is 24.5. The molecule has 1 aliphatic rings. The lowest BCUT2D eigenvalue weighted by Gasteiger charge is -2.29. The number of fused-ring (bicyclic) bond motifs is 3. The van der Waals surface area contributed by atoms with Crippen LogP contribution in [0.2, 0.25) is 5.02 Å². The second kappa shape index (κ2) is 9.50. The van der Waals surface area contributed by atoms with Crippen LogP contribution < -0.4 is 20.9 Å². The Labute approximate surface area is 221 Å². The number of nitrogens with zero attached hydrogens (tertiary/aromatic N) is 5. The van der Waals surface area contributed by atoms with Gasteiger partial charge < -0.3 is 14.2 Å². The third-order valence-electron chi connectivity index (χ3n) is 6.72. The van der Waals surface area contributed by atoms with E-state index in [4.69, 9.17) is 21.3 Å². The van der Waals surface area contributed by atoms with Crippen molar-refractivity contribution in [2.75, 3.05) is 11.4 Å². The van der Waals surface area contributed by atoms with Gasteiger partial charge in [-0.05, 0) is 55.0 Å². The zero-order chi connectivity index (χ0) is 26.4. The Balaban J connectivity index is 1.40. The van der Waals surface area contributed by atoms with Crippen LogP contribution in [0, 0.1) is 5.82 Å². The summed E-state index contributed by atoms with van der Waals surface area (Å²) >= 11 is 6.18. The number of para-hydroxylation sites is 1. The summed E-state index contributed by atoms with van der Waals surface area (Å²) in [6.07, 6.45) is 0.766. The topological polar surface area (TPSA) is 74.3 Å². The molecule has 5 aromatic rings. The molecule has 0 N–H and O–H groups in total. The Morgan fingerprint density at radius 2 is 1.68 bits per heavy atom. The lowest BCUT2D eigenvalue weighted by molar-refractivity contribution is 0.482. The summed E-state index contributed by atoms with van der Waals surface area (Å²) in [5, 5.41) is 0.153. The molecule has 0 radical (unpaired) electrons. The van der Waals surface area contributed by atoms with Gasteiger partial charge in [0.15, 0.2) is 11.2 Å². The molecule has 0 saturated carbocycles. The number of aromatic nitrogens is 4. The molecular formula is C28H23ClFN5O3. The van der Waals surface area contributed by atoms with Crippen LogP contribution in [0.1, 0.15) is 12.0 Å². The van der Waals surface area contributed by atoms with Crippen LogP contribution in [0.4, 0.5) is 16.0 Å². The zero-order valence-electron chi connectivity index (χ0n) is 20.5. The number of imidazole rings is 1. The van der Waals surface area contributed by atoms with Crippen molar-refractivity contribution in [3.63, 3.8) is 0 Å². The van der Waals surface area contributed by atoms with Crippen molar-refractivity contribution in [3.8, 4) is 11.5 Å². The number of ether oxygens (including phenoxy) is 1. The van der Waals surface area contributed by atoms with Crippen LogP contribution in [0.5, 0.6) is 11.5 Å². The highest BCUT2D eigenvalue weighted by molar-refractivity contribution is 6.31. The molecule has 192 valence electrons. The average molecular weight is 532 g/mol. The molecule has 3 aromatic carbocycles. The largest absolute Gasteiger partial charge is 0.457 e. The summed E-state index contributed by atoms with van der Waals surface area (Å²) in [5.74, 6) is 1.43. The SMILES string of the molecule is Cn1c(=O)n(Cc2c(F)cccc2Cl)c(=O)c2c1nc1n2CCCN1c1ccc(Oc2ccccc2)cc1. The molecule has 1 aliphatic heterocycles. The lowest BCUT2D eigenvalue weighted by Crippen LogP contribution is -2.40. The normalized spacial score (nSPS) is 13.1. The second-order valence-corrected chi connectivity index (χ2v) is 9.49. The molecule has 0 saturated heterocycles. The molecule has 0 bridgehead atoms. The zero-order valence-corrected chi connectivity index (χ0v) is 21.2. The molecule has 0 aliphatic carbocycles. The number of rotatable bonds is 5. The number of hydrogen-bond acceptors (Lipinski definition) is 5. The minimum Gasteiger partial charge on any atom is -0.457 e. The first kappa shape index (κ1) is 24.0. The van der Waals surface area contributed by atoms with Crippen LogP contribution in [0.15, 0.2) is 82.4 Å². The Kier molecular flexibility index (Phi) is 6.00. The smallest absolute Gasteiger partial charge is 0.332 e. The molecule has 2 aromatic heterocycles. The maximum absolute atomic E-state index is 14.5. The van der Waals surface area contributed by atoms with Crippen molar-refractivity contribution in [2.45, 2.75) is 19.5 Å². The molecule has 0 spiro atoms. The number of aryl methyl sites for hydroxylation is 2. The number of hydrogen-bond donors (Lipinski definition) is 0. The standard InChI is InChI=1S/C28H23ClFN5O3/c1-32-25-24(26(36)35(28(32)37)17-21-22(29)9-5-10-23(21)30)34-16-6-15-33(27(34)31-25)18-11-13-20(14-12-18)38-19-7-3-2-4-8-19/h2-5,7-14H,6,15-17H2,1H3. The van der Waals surface area contributed by atoms with E-state index < -0.39 is 17.1 Å². The van der Waals surface area contributed by atoms with Crippen molar-refractivity contribution < 1.29 is 9.13 Å². The van der Waals surface area contributed by atoms with Crippen molar-refractivity contribution in [1.29, 1.82) is 0 Å². The lowest BCUT2D eigenvalue weighted by atomic mass is 10.2. The van der Waals surface area contributed by atoms with Gasteiger partial charge >= 0.3 is 5.69 Å². The molecule has 6 rings (SSSR count). The molecule has 10 heteroatoms. The Bertz CT molecular complexity index is 1760. The maximum atomic E-state index is 14.5. The highest BCUT2D eigenvalue weighted by atomic mass is 35.5. The van der Waals surface area contributed by atoms with Crippen LogP contribution >= 0.6 is 11.6 Å². The van der Waals surface area contributed by atoms with E-state index in [-0.39, 0.29) is 22.8 Å². The van der Waals surface area contributed by atoms with E-state index >= 15 is 0 Å².